The smallest absolute Gasteiger partial charge is 0.410 e. The summed E-state index contributed by atoms with van der Waals surface area (Å²) < 4.78 is 44.0. The van der Waals surface area contributed by atoms with Crippen molar-refractivity contribution < 1.29 is 40.9 Å². The van der Waals surface area contributed by atoms with Gasteiger partial charge in [-0.05, 0) is 85.0 Å². The first-order valence-corrected chi connectivity index (χ1v) is 20.3. The molecule has 0 saturated carbocycles. The van der Waals surface area contributed by atoms with E-state index in [1.165, 1.54) is 86.9 Å². The number of hydroxylamine groups is 2. The lowest BCUT2D eigenvalue weighted by atomic mass is 9.90. The molecule has 13 nitrogen and oxygen atoms in total. The maximum Gasteiger partial charge on any atom is 0.410 e. The Kier molecular flexibility index (Phi) is 15.5. The molecule has 4 saturated heterocycles. The summed E-state index contributed by atoms with van der Waals surface area (Å²) in [5.41, 5.74) is -0.588. The minimum absolute atomic E-state index is 0.0605. The first kappa shape index (κ1) is 41.3. The van der Waals surface area contributed by atoms with E-state index in [9.17, 15) is 27.4 Å². The molecule has 4 amide bonds. The van der Waals surface area contributed by atoms with Crippen LogP contribution < -0.4 is 5.32 Å². The number of urea groups is 1. The van der Waals surface area contributed by atoms with Crippen LogP contribution in [0.2, 0.25) is 0 Å². The van der Waals surface area contributed by atoms with Crippen molar-refractivity contribution in [3.63, 3.8) is 0 Å². The zero-order chi connectivity index (χ0) is 36.4. The Bertz CT molecular complexity index is 1140. The molecule has 0 aliphatic carbocycles. The van der Waals surface area contributed by atoms with Crippen molar-refractivity contribution in [3.8, 4) is 0 Å². The van der Waals surface area contributed by atoms with Crippen molar-refractivity contribution >= 4 is 28.4 Å². The maximum atomic E-state index is 13.0. The molecule has 49 heavy (non-hydrogen) atoms. The third kappa shape index (κ3) is 12.0. The number of hydrogen-bond donors (Lipinski definition) is 1. The fourth-order valence-electron chi connectivity index (χ4n) is 7.91. The number of piperidine rings is 2. The van der Waals surface area contributed by atoms with Gasteiger partial charge in [-0.1, -0.05) is 53.4 Å². The summed E-state index contributed by atoms with van der Waals surface area (Å²) in [6.07, 6.45) is 13.6. The lowest BCUT2D eigenvalue weighted by molar-refractivity contribution is -0.929. The van der Waals surface area contributed by atoms with Crippen LogP contribution in [0.5, 0.6) is 0 Å². The number of carbonyl (C=O) groups is 3. The summed E-state index contributed by atoms with van der Waals surface area (Å²) in [6, 6.07) is -1.42. The number of quaternary nitrogens is 1. The number of hydrogen-bond acceptors (Lipinski definition) is 8. The van der Waals surface area contributed by atoms with Gasteiger partial charge in [0, 0.05) is 24.5 Å². The highest BCUT2D eigenvalue weighted by atomic mass is 32.3. The van der Waals surface area contributed by atoms with E-state index in [4.69, 9.17) is 4.74 Å². The molecule has 2 unspecified atom stereocenters. The van der Waals surface area contributed by atoms with Gasteiger partial charge >= 0.3 is 12.1 Å². The Labute approximate surface area is 295 Å². The largest absolute Gasteiger partial charge is 0.724 e. The first-order chi connectivity index (χ1) is 23.1. The number of ether oxygens (including phenoxy) is 1. The molecule has 4 aliphatic rings. The Morgan fingerprint density at radius 1 is 0.837 bits per heavy atom. The fourth-order valence-corrected chi connectivity index (χ4v) is 8.29. The Morgan fingerprint density at radius 3 is 1.73 bits per heavy atom. The second kappa shape index (κ2) is 18.4. The zero-order valence-electron chi connectivity index (χ0n) is 31.3. The molecule has 0 radical (unpaired) electrons. The molecule has 4 atom stereocenters. The Balaban J connectivity index is 0.000000326. The summed E-state index contributed by atoms with van der Waals surface area (Å²) in [5, 5.41) is 3.49. The van der Waals surface area contributed by atoms with E-state index in [0.29, 0.717) is 30.7 Å². The predicted molar refractivity (Wildman–Crippen MR) is 187 cm³/mol. The minimum Gasteiger partial charge on any atom is -0.724 e. The highest BCUT2D eigenvalue weighted by Gasteiger charge is 2.49. The SMILES string of the molecule is CC(C)(C)OC(=O)N1C2CCC1CC(C(=O)N[C@@H]1CC[C@@H]3CN1C(=O)N3OS(=O)(=O)[O-])C2.CCCC[N+](CCCC)(CCCC)CCCC. The van der Waals surface area contributed by atoms with Crippen molar-refractivity contribution in [2.45, 2.75) is 168 Å². The lowest BCUT2D eigenvalue weighted by Gasteiger charge is -2.40. The molecule has 1 N–H and O–H groups in total. The van der Waals surface area contributed by atoms with E-state index >= 15 is 0 Å². The van der Waals surface area contributed by atoms with Crippen LogP contribution in [0, 0.1) is 5.92 Å². The number of amides is 4. The van der Waals surface area contributed by atoms with Gasteiger partial charge in [-0.2, -0.15) is 9.35 Å². The van der Waals surface area contributed by atoms with Crippen molar-refractivity contribution in [3.05, 3.63) is 0 Å². The third-order valence-electron chi connectivity index (χ3n) is 10.5. The van der Waals surface area contributed by atoms with Gasteiger partial charge in [0.05, 0.1) is 32.2 Å². The number of nitrogens with zero attached hydrogens (tertiary/aromatic N) is 4. The zero-order valence-corrected chi connectivity index (χ0v) is 32.1. The molecule has 4 fully saturated rings. The fraction of sp³-hybridized carbons (Fsp3) is 0.914. The molecule has 0 aromatic carbocycles. The molecule has 0 aromatic heterocycles. The van der Waals surface area contributed by atoms with Gasteiger partial charge in [-0.3, -0.25) is 4.79 Å². The van der Waals surface area contributed by atoms with Gasteiger partial charge in [-0.15, -0.1) is 0 Å². The van der Waals surface area contributed by atoms with Crippen molar-refractivity contribution in [1.29, 1.82) is 0 Å². The van der Waals surface area contributed by atoms with Crippen LogP contribution in [0.1, 0.15) is 138 Å². The van der Waals surface area contributed by atoms with Gasteiger partial charge in [0.15, 0.2) is 0 Å². The van der Waals surface area contributed by atoms with Gasteiger partial charge in [0.1, 0.15) is 11.8 Å². The third-order valence-corrected chi connectivity index (χ3v) is 10.8. The molecule has 4 rings (SSSR count). The molecular weight excluding hydrogens is 650 g/mol. The average molecular weight is 716 g/mol. The maximum absolute atomic E-state index is 13.0. The summed E-state index contributed by atoms with van der Waals surface area (Å²) >= 11 is 0. The highest BCUT2D eigenvalue weighted by Crippen LogP contribution is 2.40. The highest BCUT2D eigenvalue weighted by molar-refractivity contribution is 7.80. The molecule has 0 aromatic rings. The summed E-state index contributed by atoms with van der Waals surface area (Å²) in [6.45, 7) is 20.6. The van der Waals surface area contributed by atoms with Crippen LogP contribution in [0.4, 0.5) is 9.59 Å². The van der Waals surface area contributed by atoms with E-state index in [2.05, 4.69) is 37.3 Å². The number of nitrogens with one attached hydrogen (secondary N) is 1. The number of rotatable bonds is 16. The van der Waals surface area contributed by atoms with Crippen LogP contribution in [0.3, 0.4) is 0 Å². The van der Waals surface area contributed by atoms with E-state index in [0.717, 1.165) is 12.8 Å². The predicted octanol–water partition coefficient (Wildman–Crippen LogP) is 5.90. The monoisotopic (exact) mass is 715 g/mol. The second-order valence-corrected chi connectivity index (χ2v) is 16.6. The first-order valence-electron chi connectivity index (χ1n) is 19.0. The van der Waals surface area contributed by atoms with Crippen molar-refractivity contribution in [1.82, 2.24) is 20.2 Å². The lowest BCUT2D eigenvalue weighted by Crippen LogP contribution is -2.55. The number of carbonyl (C=O) groups excluding carboxylic acids is 3. The molecule has 4 aliphatic heterocycles. The van der Waals surface area contributed by atoms with Gasteiger partial charge in [0.2, 0.25) is 16.3 Å². The van der Waals surface area contributed by atoms with E-state index in [1.807, 2.05) is 20.8 Å². The summed E-state index contributed by atoms with van der Waals surface area (Å²) in [7, 11) is -5.07. The van der Waals surface area contributed by atoms with Crippen LogP contribution >= 0.6 is 0 Å². The quantitative estimate of drug-likeness (QED) is 0.118. The van der Waals surface area contributed by atoms with Gasteiger partial charge in [0.25, 0.3) is 0 Å². The van der Waals surface area contributed by atoms with Crippen LogP contribution in [-0.2, 0) is 24.2 Å². The molecule has 4 bridgehead atoms. The Hall–Kier alpha value is -2.16. The summed E-state index contributed by atoms with van der Waals surface area (Å²) in [4.78, 5) is 41.2. The van der Waals surface area contributed by atoms with Crippen LogP contribution in [0.15, 0.2) is 0 Å². The van der Waals surface area contributed by atoms with E-state index in [-0.39, 0.29) is 36.5 Å². The van der Waals surface area contributed by atoms with Crippen LogP contribution in [-0.4, -0.2) is 113 Å². The van der Waals surface area contributed by atoms with Crippen molar-refractivity contribution in [2.75, 3.05) is 32.7 Å². The second-order valence-electron chi connectivity index (χ2n) is 15.6. The van der Waals surface area contributed by atoms with E-state index in [1.54, 1.807) is 4.90 Å². The molecule has 14 heteroatoms. The number of unbranched alkanes of at least 4 members (excludes halogenated alkanes) is 4. The van der Waals surface area contributed by atoms with Crippen LogP contribution in [0.25, 0.3) is 0 Å². The molecule has 4 heterocycles. The normalized spacial score (nSPS) is 25.3. The molecule has 284 valence electrons. The minimum atomic E-state index is -5.07. The topological polar surface area (TPSA) is 149 Å². The Morgan fingerprint density at radius 2 is 1.31 bits per heavy atom. The molecular formula is C35H65N5O8S. The van der Waals surface area contributed by atoms with Gasteiger partial charge in [-0.25, -0.2) is 18.0 Å². The molecule has 0 spiro atoms. The standard InChI is InChI=1S/C19H30N4O8S.C16H36N/c1-19(2,3)30-18(26)22-12-4-5-13(22)9-11(8-12)16(24)20-15-7-6-14-10-21(15)17(25)23(14)31-32(27,28)29;1-5-9-13-17(14-10-6-2,15-11-7-3)16-12-8-4/h11-15H,4-10H2,1-3H3,(H,20,24)(H,27,28,29);5-16H2,1-4H3/q;+1/p-1/t11?,12?,13?,14-,15+;/m1./s1. The van der Waals surface area contributed by atoms with Crippen molar-refractivity contribution in [2.24, 2.45) is 5.92 Å². The number of fused-ring (bicyclic) bond motifs is 4. The van der Waals surface area contributed by atoms with Gasteiger partial charge < -0.3 is 28.9 Å². The van der Waals surface area contributed by atoms with E-state index < -0.39 is 34.2 Å². The average Bonchev–Trinajstić information content (AvgIpc) is 3.44. The summed E-state index contributed by atoms with van der Waals surface area (Å²) in [5.74, 6) is -0.492.